The Bertz CT molecular complexity index is 1240. The van der Waals surface area contributed by atoms with E-state index in [1.165, 1.54) is 12.1 Å². The molecule has 7 nitrogen and oxygen atoms in total. The first-order chi connectivity index (χ1) is 14.4. The zero-order valence-corrected chi connectivity index (χ0v) is 17.5. The van der Waals surface area contributed by atoms with E-state index in [1.54, 1.807) is 30.5 Å². The predicted molar refractivity (Wildman–Crippen MR) is 115 cm³/mol. The van der Waals surface area contributed by atoms with E-state index in [1.807, 2.05) is 6.07 Å². The number of H-pyrrole nitrogens is 1. The van der Waals surface area contributed by atoms with Crippen LogP contribution >= 0.6 is 11.6 Å². The van der Waals surface area contributed by atoms with Crippen molar-refractivity contribution < 1.29 is 17.9 Å². The molecule has 9 heteroatoms. The highest BCUT2D eigenvalue weighted by Gasteiger charge is 2.44. The summed E-state index contributed by atoms with van der Waals surface area (Å²) in [7, 11) is -3.87. The highest BCUT2D eigenvalue weighted by molar-refractivity contribution is 7.92. The van der Waals surface area contributed by atoms with Crippen LogP contribution in [-0.4, -0.2) is 31.5 Å². The molecule has 156 valence electrons. The minimum atomic E-state index is -3.87. The van der Waals surface area contributed by atoms with Gasteiger partial charge in [0.1, 0.15) is 0 Å². The van der Waals surface area contributed by atoms with Gasteiger partial charge in [0.05, 0.1) is 39.2 Å². The topological polar surface area (TPSA) is 100 Å². The van der Waals surface area contributed by atoms with Crippen LogP contribution in [0, 0.1) is 5.92 Å². The number of hydrogen-bond donors (Lipinski definition) is 3. The van der Waals surface area contributed by atoms with Crippen LogP contribution < -0.4 is 10.0 Å². The molecule has 3 aromatic rings. The lowest BCUT2D eigenvalue weighted by Crippen LogP contribution is -2.30. The molecular formula is C21H20ClN3O4S. The molecule has 3 heterocycles. The van der Waals surface area contributed by atoms with Gasteiger partial charge < -0.3 is 15.0 Å². The predicted octanol–water partition coefficient (Wildman–Crippen LogP) is 4.13. The Kier molecular flexibility index (Phi) is 4.72. The molecule has 3 unspecified atom stereocenters. The van der Waals surface area contributed by atoms with Gasteiger partial charge in [-0.15, -0.1) is 0 Å². The molecule has 0 spiro atoms. The normalized spacial score (nSPS) is 23.0. The summed E-state index contributed by atoms with van der Waals surface area (Å²) in [4.78, 5) is 15.7. The van der Waals surface area contributed by atoms with Crippen molar-refractivity contribution in [3.63, 3.8) is 0 Å². The van der Waals surface area contributed by atoms with Crippen molar-refractivity contribution in [2.45, 2.75) is 36.4 Å². The van der Waals surface area contributed by atoms with Crippen LogP contribution in [0.4, 0.5) is 11.4 Å². The smallest absolute Gasteiger partial charge is 0.262 e. The SMILES string of the molecule is O=C(Nc1cccc(S(=O)(=O)Nc2cccc3c(Cl)c[nH]c23)c1)C1CC2CCC1O2. The zero-order chi connectivity index (χ0) is 20.9. The Hall–Kier alpha value is -2.55. The maximum Gasteiger partial charge on any atom is 0.262 e. The number of halogens is 1. The summed E-state index contributed by atoms with van der Waals surface area (Å²) in [6, 6.07) is 11.4. The molecule has 3 atom stereocenters. The first kappa shape index (κ1) is 19.4. The molecule has 2 aliphatic rings. The van der Waals surface area contributed by atoms with E-state index >= 15 is 0 Å². The molecule has 0 saturated carbocycles. The van der Waals surface area contributed by atoms with E-state index in [9.17, 15) is 13.2 Å². The van der Waals surface area contributed by atoms with Gasteiger partial charge in [-0.25, -0.2) is 8.42 Å². The van der Waals surface area contributed by atoms with Gasteiger partial charge in [-0.3, -0.25) is 9.52 Å². The average Bonchev–Trinajstić information content (AvgIpc) is 3.45. The van der Waals surface area contributed by atoms with Crippen molar-refractivity contribution in [1.82, 2.24) is 4.98 Å². The lowest BCUT2D eigenvalue weighted by molar-refractivity contribution is -0.121. The van der Waals surface area contributed by atoms with Gasteiger partial charge in [0.15, 0.2) is 0 Å². The third kappa shape index (κ3) is 3.45. The number of para-hydroxylation sites is 1. The summed E-state index contributed by atoms with van der Waals surface area (Å²) in [6.07, 6.45) is 4.38. The van der Waals surface area contributed by atoms with Crippen molar-refractivity contribution in [3.05, 3.63) is 53.7 Å². The number of sulfonamides is 1. The summed E-state index contributed by atoms with van der Waals surface area (Å²) in [5, 5.41) is 4.09. The van der Waals surface area contributed by atoms with Gasteiger partial charge in [0, 0.05) is 17.3 Å². The van der Waals surface area contributed by atoms with Crippen molar-refractivity contribution in [3.8, 4) is 0 Å². The molecule has 0 radical (unpaired) electrons. The fourth-order valence-electron chi connectivity index (χ4n) is 4.30. The number of ether oxygens (including phenoxy) is 1. The second-order valence-corrected chi connectivity index (χ2v) is 9.79. The minimum absolute atomic E-state index is 0.0308. The van der Waals surface area contributed by atoms with Gasteiger partial charge in [-0.2, -0.15) is 0 Å². The molecule has 2 aliphatic heterocycles. The van der Waals surface area contributed by atoms with Crippen LogP contribution in [0.2, 0.25) is 5.02 Å². The minimum Gasteiger partial charge on any atom is -0.374 e. The highest BCUT2D eigenvalue weighted by atomic mass is 35.5. The van der Waals surface area contributed by atoms with Crippen LogP contribution in [0.25, 0.3) is 10.9 Å². The fourth-order valence-corrected chi connectivity index (χ4v) is 5.63. The Morgan fingerprint density at radius 2 is 2.00 bits per heavy atom. The van der Waals surface area contributed by atoms with Crippen molar-refractivity contribution >= 4 is 49.8 Å². The Balaban J connectivity index is 1.36. The molecule has 1 amide bonds. The number of benzene rings is 2. The first-order valence-electron chi connectivity index (χ1n) is 9.75. The molecular weight excluding hydrogens is 426 g/mol. The van der Waals surface area contributed by atoms with E-state index in [0.29, 0.717) is 21.9 Å². The van der Waals surface area contributed by atoms with E-state index in [4.69, 9.17) is 16.3 Å². The zero-order valence-electron chi connectivity index (χ0n) is 15.9. The first-order valence-corrected chi connectivity index (χ1v) is 11.6. The summed E-state index contributed by atoms with van der Waals surface area (Å²) in [6.45, 7) is 0. The van der Waals surface area contributed by atoms with Crippen LogP contribution in [0.1, 0.15) is 19.3 Å². The second kappa shape index (κ2) is 7.30. The van der Waals surface area contributed by atoms with Crippen LogP contribution in [0.3, 0.4) is 0 Å². The molecule has 2 aromatic carbocycles. The molecule has 5 rings (SSSR count). The van der Waals surface area contributed by atoms with Crippen LogP contribution in [-0.2, 0) is 19.6 Å². The van der Waals surface area contributed by atoms with Crippen molar-refractivity contribution in [2.24, 2.45) is 5.92 Å². The van der Waals surface area contributed by atoms with E-state index in [0.717, 1.165) is 24.6 Å². The van der Waals surface area contributed by atoms with Gasteiger partial charge in [0.25, 0.3) is 10.0 Å². The number of anilines is 2. The van der Waals surface area contributed by atoms with Crippen molar-refractivity contribution in [2.75, 3.05) is 10.0 Å². The van der Waals surface area contributed by atoms with Crippen LogP contribution in [0.5, 0.6) is 0 Å². The lowest BCUT2D eigenvalue weighted by atomic mass is 9.88. The van der Waals surface area contributed by atoms with Gasteiger partial charge in [-0.05, 0) is 43.5 Å². The second-order valence-electron chi connectivity index (χ2n) is 7.70. The number of amides is 1. The van der Waals surface area contributed by atoms with Crippen molar-refractivity contribution in [1.29, 1.82) is 0 Å². The molecule has 2 bridgehead atoms. The quantitative estimate of drug-likeness (QED) is 0.549. The molecule has 30 heavy (non-hydrogen) atoms. The number of nitrogens with one attached hydrogen (secondary N) is 3. The average molecular weight is 446 g/mol. The summed E-state index contributed by atoms with van der Waals surface area (Å²) in [5.74, 6) is -0.312. The Labute approximate surface area is 178 Å². The molecule has 2 saturated heterocycles. The lowest BCUT2D eigenvalue weighted by Gasteiger charge is -2.18. The molecule has 3 N–H and O–H groups in total. The number of carbonyl (C=O) groups is 1. The number of hydrogen-bond acceptors (Lipinski definition) is 4. The van der Waals surface area contributed by atoms with E-state index in [2.05, 4.69) is 15.0 Å². The number of carbonyl (C=O) groups excluding carboxylic acids is 1. The largest absolute Gasteiger partial charge is 0.374 e. The van der Waals surface area contributed by atoms with Gasteiger partial charge in [-0.1, -0.05) is 29.8 Å². The number of fused-ring (bicyclic) bond motifs is 3. The van der Waals surface area contributed by atoms with E-state index < -0.39 is 10.0 Å². The fraction of sp³-hybridized carbons (Fsp3) is 0.286. The Morgan fingerprint density at radius 3 is 2.77 bits per heavy atom. The molecule has 0 aliphatic carbocycles. The summed E-state index contributed by atoms with van der Waals surface area (Å²) < 4.78 is 34.3. The highest BCUT2D eigenvalue weighted by Crippen LogP contribution is 2.39. The number of aromatic amines is 1. The summed E-state index contributed by atoms with van der Waals surface area (Å²) in [5.41, 5.74) is 1.44. The van der Waals surface area contributed by atoms with Crippen LogP contribution in [0.15, 0.2) is 53.6 Å². The standard InChI is InChI=1S/C21H20ClN3O4S/c22-17-11-23-20-15(17)5-2-6-18(20)25-30(27,28)14-4-1-3-12(9-14)24-21(26)16-10-13-7-8-19(16)29-13/h1-6,9,11,13,16,19,23,25H,7-8,10H2,(H,24,26). The number of rotatable bonds is 5. The Morgan fingerprint density at radius 1 is 1.17 bits per heavy atom. The molecule has 1 aromatic heterocycles. The third-order valence-electron chi connectivity index (χ3n) is 5.76. The third-order valence-corrected chi connectivity index (χ3v) is 7.44. The summed E-state index contributed by atoms with van der Waals surface area (Å²) >= 11 is 6.12. The van der Waals surface area contributed by atoms with Gasteiger partial charge in [0.2, 0.25) is 5.91 Å². The number of aromatic nitrogens is 1. The van der Waals surface area contributed by atoms with Gasteiger partial charge >= 0.3 is 0 Å². The van der Waals surface area contributed by atoms with E-state index in [-0.39, 0.29) is 28.9 Å². The molecule has 2 fully saturated rings. The monoisotopic (exact) mass is 445 g/mol. The maximum atomic E-state index is 13.0. The maximum absolute atomic E-state index is 13.0.